The highest BCUT2D eigenvalue weighted by molar-refractivity contribution is 4.82. The fourth-order valence-electron chi connectivity index (χ4n) is 6.99. The van der Waals surface area contributed by atoms with E-state index in [9.17, 15) is 0 Å². The Hall–Kier alpha value is 0.240. The molecule has 56 heavy (non-hydrogen) atoms. The third-order valence-electron chi connectivity index (χ3n) is 10.8. The Labute approximate surface area is 373 Å². The standard InChI is InChI=1S/C49H100N2O3.2BrH/c1-8-10-12-14-16-18-20-22-24-26-27-29-31-33-35-37-39-43-53-48-49(47-51(6,7)42-46-52-45-41-50(3,4)5)54-44-40-38-36-34-32-30-28-25-23-21-19-17-15-13-11-9-2;;/h23-26,49H,8-22,27-48H2,1-7H3;2*1H/q+2;;/p-2/b25-23+,26-24+;;. The van der Waals surface area contributed by atoms with Crippen molar-refractivity contribution < 1.29 is 57.1 Å². The quantitative estimate of drug-likeness (QED) is 0.0357. The molecule has 0 N–H and O–H groups in total. The van der Waals surface area contributed by atoms with Gasteiger partial charge in [0.25, 0.3) is 0 Å². The second-order valence-electron chi connectivity index (χ2n) is 18.3. The maximum absolute atomic E-state index is 6.51. The zero-order chi connectivity index (χ0) is 39.7. The highest BCUT2D eigenvalue weighted by atomic mass is 79.9. The molecule has 0 aromatic rings. The van der Waals surface area contributed by atoms with Crippen LogP contribution in [0.25, 0.3) is 0 Å². The van der Waals surface area contributed by atoms with E-state index in [-0.39, 0.29) is 40.1 Å². The first kappa shape index (κ1) is 60.5. The largest absolute Gasteiger partial charge is 1.00 e. The summed E-state index contributed by atoms with van der Waals surface area (Å²) in [5.41, 5.74) is 0. The first-order valence-corrected chi connectivity index (χ1v) is 23.9. The summed E-state index contributed by atoms with van der Waals surface area (Å²) < 4.78 is 20.6. The Morgan fingerprint density at radius 3 is 1.16 bits per heavy atom. The first-order chi connectivity index (χ1) is 26.2. The van der Waals surface area contributed by atoms with E-state index in [4.69, 9.17) is 14.2 Å². The van der Waals surface area contributed by atoms with Crippen LogP contribution in [0.15, 0.2) is 24.3 Å². The molecule has 1 unspecified atom stereocenters. The van der Waals surface area contributed by atoms with Gasteiger partial charge in [0.05, 0.1) is 55.1 Å². The van der Waals surface area contributed by atoms with Crippen molar-refractivity contribution >= 4 is 0 Å². The molecular weight excluding hydrogens is 824 g/mol. The number of allylic oxidation sites excluding steroid dienone is 4. The number of hydrogen-bond donors (Lipinski definition) is 0. The summed E-state index contributed by atoms with van der Waals surface area (Å²) in [5, 5.41) is 0. The smallest absolute Gasteiger partial charge is 0.130 e. The lowest BCUT2D eigenvalue weighted by Crippen LogP contribution is -3.00. The number of nitrogens with zero attached hydrogens (tertiary/aromatic N) is 2. The zero-order valence-corrected chi connectivity index (χ0v) is 42.1. The van der Waals surface area contributed by atoms with Crippen LogP contribution >= 0.6 is 0 Å². The minimum Gasteiger partial charge on any atom is -1.00 e. The number of quaternary nitrogens is 2. The summed E-state index contributed by atoms with van der Waals surface area (Å²) in [7, 11) is 11.3. The number of rotatable bonds is 44. The number of hydrogen-bond acceptors (Lipinski definition) is 3. The van der Waals surface area contributed by atoms with Gasteiger partial charge >= 0.3 is 0 Å². The van der Waals surface area contributed by atoms with Crippen molar-refractivity contribution in [3.05, 3.63) is 24.3 Å². The summed E-state index contributed by atoms with van der Waals surface area (Å²) in [6.07, 6.45) is 48.8. The maximum atomic E-state index is 6.51. The molecule has 0 aliphatic carbocycles. The Morgan fingerprint density at radius 1 is 0.393 bits per heavy atom. The molecule has 7 heteroatoms. The molecule has 0 aromatic carbocycles. The van der Waals surface area contributed by atoms with Crippen LogP contribution in [-0.2, 0) is 14.2 Å². The molecule has 0 heterocycles. The molecule has 0 bridgehead atoms. The van der Waals surface area contributed by atoms with Gasteiger partial charge in [0.15, 0.2) is 0 Å². The maximum Gasteiger partial charge on any atom is 0.130 e. The van der Waals surface area contributed by atoms with E-state index in [1.165, 1.54) is 180 Å². The van der Waals surface area contributed by atoms with Gasteiger partial charge in [0, 0.05) is 13.2 Å². The summed E-state index contributed by atoms with van der Waals surface area (Å²) in [6.45, 7) is 11.6. The second-order valence-corrected chi connectivity index (χ2v) is 18.3. The zero-order valence-electron chi connectivity index (χ0n) is 38.9. The second kappa shape index (κ2) is 46.3. The molecule has 0 saturated carbocycles. The summed E-state index contributed by atoms with van der Waals surface area (Å²) >= 11 is 0. The van der Waals surface area contributed by atoms with Gasteiger partial charge in [-0.25, -0.2) is 0 Å². The Kier molecular flexibility index (Phi) is 50.1. The lowest BCUT2D eigenvalue weighted by atomic mass is 10.1. The average molecular weight is 925 g/mol. The van der Waals surface area contributed by atoms with Crippen LogP contribution in [0, 0.1) is 0 Å². The van der Waals surface area contributed by atoms with Crippen molar-refractivity contribution in [2.75, 3.05) is 87.9 Å². The van der Waals surface area contributed by atoms with Gasteiger partial charge in [0.1, 0.15) is 25.7 Å². The van der Waals surface area contributed by atoms with Crippen LogP contribution in [0.4, 0.5) is 0 Å². The lowest BCUT2D eigenvalue weighted by molar-refractivity contribution is -0.894. The van der Waals surface area contributed by atoms with Crippen molar-refractivity contribution in [3.63, 3.8) is 0 Å². The molecule has 0 saturated heterocycles. The fraction of sp³-hybridized carbons (Fsp3) is 0.918. The predicted molar refractivity (Wildman–Crippen MR) is 240 cm³/mol. The highest BCUT2D eigenvalue weighted by Gasteiger charge is 2.23. The van der Waals surface area contributed by atoms with Crippen LogP contribution in [0.5, 0.6) is 0 Å². The monoisotopic (exact) mass is 923 g/mol. The van der Waals surface area contributed by atoms with Gasteiger partial charge in [0.2, 0.25) is 0 Å². The third kappa shape index (κ3) is 50.4. The van der Waals surface area contributed by atoms with Crippen molar-refractivity contribution in [1.29, 1.82) is 0 Å². The van der Waals surface area contributed by atoms with Crippen LogP contribution in [-0.4, -0.2) is 103 Å². The summed E-state index contributed by atoms with van der Waals surface area (Å²) in [5.74, 6) is 0. The number of ether oxygens (including phenoxy) is 3. The topological polar surface area (TPSA) is 27.7 Å². The van der Waals surface area contributed by atoms with Gasteiger partial charge < -0.3 is 57.1 Å². The molecular formula is C49H100Br2N2O3. The Balaban J connectivity index is -0.0000140. The summed E-state index contributed by atoms with van der Waals surface area (Å²) in [4.78, 5) is 0. The molecule has 0 aromatic heterocycles. The number of unbranched alkanes of at least 4 members (excludes halogenated alkanes) is 25. The van der Waals surface area contributed by atoms with E-state index in [1.807, 2.05) is 0 Å². The lowest BCUT2D eigenvalue weighted by Gasteiger charge is -2.33. The van der Waals surface area contributed by atoms with E-state index < -0.39 is 0 Å². The van der Waals surface area contributed by atoms with Crippen molar-refractivity contribution in [1.82, 2.24) is 0 Å². The predicted octanol–water partition coefficient (Wildman–Crippen LogP) is 7.66. The molecule has 0 rings (SSSR count). The molecule has 0 aliphatic heterocycles. The molecule has 338 valence electrons. The van der Waals surface area contributed by atoms with Crippen LogP contribution in [0.1, 0.15) is 200 Å². The summed E-state index contributed by atoms with van der Waals surface area (Å²) in [6, 6.07) is 0. The third-order valence-corrected chi connectivity index (χ3v) is 10.8. The van der Waals surface area contributed by atoms with Crippen molar-refractivity contribution in [3.8, 4) is 0 Å². The SMILES string of the molecule is CCCCCCCC/C=C/CCCCCCCCOC(COCCCCCCCC/C=C/CCCCCCCCC)C[N+](C)(C)CCOCC[N+](C)(C)C.[Br-].[Br-]. The Bertz CT molecular complexity index is 803. The first-order valence-electron chi connectivity index (χ1n) is 23.9. The van der Waals surface area contributed by atoms with Gasteiger partial charge in [-0.15, -0.1) is 0 Å². The van der Waals surface area contributed by atoms with Gasteiger partial charge in [-0.1, -0.05) is 160 Å². The molecule has 1 atom stereocenters. The van der Waals surface area contributed by atoms with E-state index >= 15 is 0 Å². The number of likely N-dealkylation sites (N-methyl/N-ethyl adjacent to an activating group) is 2. The molecule has 5 nitrogen and oxygen atoms in total. The van der Waals surface area contributed by atoms with Gasteiger partial charge in [-0.3, -0.25) is 0 Å². The average Bonchev–Trinajstić information content (AvgIpc) is 3.13. The van der Waals surface area contributed by atoms with Crippen molar-refractivity contribution in [2.45, 2.75) is 206 Å². The fourth-order valence-corrected chi connectivity index (χ4v) is 6.99. The minimum absolute atomic E-state index is 0. The Morgan fingerprint density at radius 2 is 0.750 bits per heavy atom. The van der Waals surface area contributed by atoms with E-state index in [1.54, 1.807) is 0 Å². The molecule has 0 spiro atoms. The molecule has 0 aliphatic rings. The van der Waals surface area contributed by atoms with Crippen LogP contribution in [0.2, 0.25) is 0 Å². The van der Waals surface area contributed by atoms with E-state index in [0.29, 0.717) is 6.61 Å². The minimum atomic E-state index is 0. The van der Waals surface area contributed by atoms with E-state index in [2.05, 4.69) is 73.4 Å². The molecule has 0 amide bonds. The van der Waals surface area contributed by atoms with Crippen LogP contribution < -0.4 is 34.0 Å². The van der Waals surface area contributed by atoms with Gasteiger partial charge in [-0.2, -0.15) is 0 Å². The normalized spacial score (nSPS) is 12.8. The molecule has 0 radical (unpaired) electrons. The number of halogens is 2. The van der Waals surface area contributed by atoms with Crippen LogP contribution in [0.3, 0.4) is 0 Å². The van der Waals surface area contributed by atoms with Crippen molar-refractivity contribution in [2.24, 2.45) is 0 Å². The molecule has 0 fully saturated rings. The highest BCUT2D eigenvalue weighted by Crippen LogP contribution is 2.13. The van der Waals surface area contributed by atoms with Gasteiger partial charge in [-0.05, 0) is 64.2 Å². The van der Waals surface area contributed by atoms with E-state index in [0.717, 1.165) is 61.4 Å².